The van der Waals surface area contributed by atoms with Gasteiger partial charge in [-0.25, -0.2) is 4.79 Å². The molecule has 3 atom stereocenters. The zero-order valence-electron chi connectivity index (χ0n) is 10.5. The molecule has 2 aliphatic rings. The predicted octanol–water partition coefficient (Wildman–Crippen LogP) is 3.23. The van der Waals surface area contributed by atoms with Gasteiger partial charge in [0.15, 0.2) is 0 Å². The van der Waals surface area contributed by atoms with Crippen molar-refractivity contribution in [1.82, 2.24) is 0 Å². The minimum Gasteiger partial charge on any atom is -0.458 e. The van der Waals surface area contributed by atoms with Crippen LogP contribution in [0.4, 0.5) is 0 Å². The number of carbonyl (C=O) groups is 1. The van der Waals surface area contributed by atoms with Crippen LogP contribution in [-0.4, -0.2) is 12.1 Å². The van der Waals surface area contributed by atoms with Crippen molar-refractivity contribution >= 4 is 5.97 Å². The second-order valence-corrected chi connectivity index (χ2v) is 5.50. The van der Waals surface area contributed by atoms with Crippen LogP contribution >= 0.6 is 0 Å². The fourth-order valence-corrected chi connectivity index (χ4v) is 3.77. The monoisotopic (exact) mass is 242 g/mol. The summed E-state index contributed by atoms with van der Waals surface area (Å²) in [4.78, 5) is 11.5. The fraction of sp³-hybridized carbons (Fsp3) is 0.438. The first-order chi connectivity index (χ1) is 8.74. The molecule has 1 aromatic rings. The molecule has 0 N–H and O–H groups in total. The Morgan fingerprint density at radius 3 is 2.83 bits per heavy atom. The van der Waals surface area contributed by atoms with Crippen molar-refractivity contribution in [1.29, 1.82) is 0 Å². The van der Waals surface area contributed by atoms with Crippen LogP contribution in [0.5, 0.6) is 0 Å². The maximum absolute atomic E-state index is 11.5. The van der Waals surface area contributed by atoms with Crippen molar-refractivity contribution in [3.8, 4) is 0 Å². The molecular formula is C16H18O2. The number of hydrogen-bond acceptors (Lipinski definition) is 2. The summed E-state index contributed by atoms with van der Waals surface area (Å²) in [5, 5.41) is 0. The zero-order chi connectivity index (χ0) is 12.6. The number of hydrogen-bond donors (Lipinski definition) is 0. The van der Waals surface area contributed by atoms with E-state index in [0.29, 0.717) is 5.92 Å². The first-order valence-electron chi connectivity index (χ1n) is 6.63. The molecule has 0 aromatic heterocycles. The lowest BCUT2D eigenvalue weighted by Crippen LogP contribution is -2.37. The first kappa shape index (κ1) is 11.5. The van der Waals surface area contributed by atoms with Crippen LogP contribution in [-0.2, 0) is 14.9 Å². The molecule has 2 aliphatic carbocycles. The summed E-state index contributed by atoms with van der Waals surface area (Å²) in [6.45, 7) is 3.49. The van der Waals surface area contributed by atoms with Crippen molar-refractivity contribution in [2.75, 3.05) is 0 Å². The van der Waals surface area contributed by atoms with Gasteiger partial charge in [0.1, 0.15) is 6.10 Å². The van der Waals surface area contributed by atoms with Gasteiger partial charge in [0, 0.05) is 11.5 Å². The molecule has 3 rings (SSSR count). The van der Waals surface area contributed by atoms with Gasteiger partial charge >= 0.3 is 5.97 Å². The van der Waals surface area contributed by atoms with Crippen molar-refractivity contribution in [3.05, 3.63) is 48.6 Å². The fourth-order valence-electron chi connectivity index (χ4n) is 3.77. The molecule has 0 saturated heterocycles. The highest BCUT2D eigenvalue weighted by Crippen LogP contribution is 2.56. The predicted molar refractivity (Wildman–Crippen MR) is 70.2 cm³/mol. The van der Waals surface area contributed by atoms with Crippen LogP contribution in [0.3, 0.4) is 0 Å². The minimum absolute atomic E-state index is 0.0316. The molecule has 2 bridgehead atoms. The number of rotatable bonds is 3. The molecule has 0 radical (unpaired) electrons. The normalized spacial score (nSPS) is 33.3. The Hall–Kier alpha value is -1.57. The van der Waals surface area contributed by atoms with Crippen LogP contribution in [0.2, 0.25) is 0 Å². The van der Waals surface area contributed by atoms with Crippen LogP contribution in [0.1, 0.15) is 31.2 Å². The molecule has 2 saturated carbocycles. The smallest absolute Gasteiger partial charge is 0.330 e. The average molecular weight is 242 g/mol. The van der Waals surface area contributed by atoms with Gasteiger partial charge < -0.3 is 4.74 Å². The Labute approximate surface area is 108 Å². The Bertz CT molecular complexity index is 465. The standard InChI is InChI=1S/C16H18O2/c1-2-15(17)18-14-10-12-8-9-16(14,11-12)13-6-4-3-5-7-13/h2-7,12,14H,1,8-11H2. The highest BCUT2D eigenvalue weighted by Gasteiger charge is 2.54. The van der Waals surface area contributed by atoms with E-state index in [0.717, 1.165) is 19.3 Å². The summed E-state index contributed by atoms with van der Waals surface area (Å²) in [7, 11) is 0. The Kier molecular flexibility index (Phi) is 2.73. The van der Waals surface area contributed by atoms with Crippen molar-refractivity contribution < 1.29 is 9.53 Å². The zero-order valence-corrected chi connectivity index (χ0v) is 10.5. The molecule has 2 fully saturated rings. The molecule has 0 heterocycles. The van der Waals surface area contributed by atoms with E-state index in [1.54, 1.807) is 0 Å². The van der Waals surface area contributed by atoms with Crippen molar-refractivity contribution in [2.24, 2.45) is 5.92 Å². The Morgan fingerprint density at radius 2 is 2.17 bits per heavy atom. The number of fused-ring (bicyclic) bond motifs is 2. The lowest BCUT2D eigenvalue weighted by molar-refractivity contribution is -0.146. The topological polar surface area (TPSA) is 26.3 Å². The summed E-state index contributed by atoms with van der Waals surface area (Å²) in [6, 6.07) is 10.5. The second-order valence-electron chi connectivity index (χ2n) is 5.50. The molecule has 0 spiro atoms. The molecule has 0 aliphatic heterocycles. The average Bonchev–Trinajstić information content (AvgIpc) is 2.98. The van der Waals surface area contributed by atoms with E-state index in [1.807, 2.05) is 6.07 Å². The van der Waals surface area contributed by atoms with Gasteiger partial charge in [0.25, 0.3) is 0 Å². The van der Waals surface area contributed by atoms with Gasteiger partial charge in [0.2, 0.25) is 0 Å². The first-order valence-corrected chi connectivity index (χ1v) is 6.63. The second kappa shape index (κ2) is 4.27. The lowest BCUT2D eigenvalue weighted by Gasteiger charge is -2.34. The highest BCUT2D eigenvalue weighted by atomic mass is 16.5. The van der Waals surface area contributed by atoms with E-state index in [4.69, 9.17) is 4.74 Å². The molecule has 2 nitrogen and oxygen atoms in total. The van der Waals surface area contributed by atoms with Gasteiger partial charge in [-0.3, -0.25) is 0 Å². The van der Waals surface area contributed by atoms with Gasteiger partial charge in [-0.05, 0) is 37.2 Å². The molecule has 18 heavy (non-hydrogen) atoms. The lowest BCUT2D eigenvalue weighted by atomic mass is 9.75. The summed E-state index contributed by atoms with van der Waals surface area (Å²) in [5.74, 6) is 0.427. The van der Waals surface area contributed by atoms with Crippen molar-refractivity contribution in [2.45, 2.75) is 37.2 Å². The SMILES string of the molecule is C=CC(=O)OC1CC2CCC1(c1ccccc1)C2. The van der Waals surface area contributed by atoms with E-state index in [1.165, 1.54) is 18.1 Å². The van der Waals surface area contributed by atoms with E-state index in [-0.39, 0.29) is 17.5 Å². The third-order valence-electron chi connectivity index (χ3n) is 4.59. The molecule has 3 unspecified atom stereocenters. The molecule has 94 valence electrons. The van der Waals surface area contributed by atoms with E-state index in [2.05, 4.69) is 30.8 Å². The maximum atomic E-state index is 11.5. The number of benzene rings is 1. The summed E-state index contributed by atoms with van der Waals surface area (Å²) in [6.07, 6.45) is 5.86. The molecular weight excluding hydrogens is 224 g/mol. The summed E-state index contributed by atoms with van der Waals surface area (Å²) < 4.78 is 5.60. The Balaban J connectivity index is 1.92. The number of esters is 1. The van der Waals surface area contributed by atoms with Gasteiger partial charge in [0.05, 0.1) is 0 Å². The largest absolute Gasteiger partial charge is 0.458 e. The summed E-state index contributed by atoms with van der Waals surface area (Å²) >= 11 is 0. The van der Waals surface area contributed by atoms with Crippen LogP contribution in [0, 0.1) is 5.92 Å². The van der Waals surface area contributed by atoms with Gasteiger partial charge in [-0.2, -0.15) is 0 Å². The van der Waals surface area contributed by atoms with E-state index in [9.17, 15) is 4.79 Å². The third kappa shape index (κ3) is 1.67. The van der Waals surface area contributed by atoms with Crippen molar-refractivity contribution in [3.63, 3.8) is 0 Å². The van der Waals surface area contributed by atoms with E-state index >= 15 is 0 Å². The number of ether oxygens (including phenoxy) is 1. The molecule has 0 amide bonds. The van der Waals surface area contributed by atoms with E-state index < -0.39 is 0 Å². The Morgan fingerprint density at radius 1 is 1.39 bits per heavy atom. The quantitative estimate of drug-likeness (QED) is 0.601. The molecule has 2 heteroatoms. The minimum atomic E-state index is -0.289. The van der Waals surface area contributed by atoms with Gasteiger partial charge in [-0.1, -0.05) is 36.9 Å². The van der Waals surface area contributed by atoms with Gasteiger partial charge in [-0.15, -0.1) is 0 Å². The maximum Gasteiger partial charge on any atom is 0.330 e. The number of carbonyl (C=O) groups excluding carboxylic acids is 1. The van der Waals surface area contributed by atoms with Crippen LogP contribution in [0.25, 0.3) is 0 Å². The molecule has 1 aromatic carbocycles. The summed E-state index contributed by atoms with van der Waals surface area (Å²) in [5.41, 5.74) is 1.39. The van der Waals surface area contributed by atoms with Crippen LogP contribution < -0.4 is 0 Å². The van der Waals surface area contributed by atoms with Crippen LogP contribution in [0.15, 0.2) is 43.0 Å². The third-order valence-corrected chi connectivity index (χ3v) is 4.59. The highest BCUT2D eigenvalue weighted by molar-refractivity contribution is 5.81.